The van der Waals surface area contributed by atoms with E-state index in [0.717, 1.165) is 13.0 Å². The van der Waals surface area contributed by atoms with Gasteiger partial charge in [0.2, 0.25) is 0 Å². The van der Waals surface area contributed by atoms with Gasteiger partial charge in [-0.3, -0.25) is 9.59 Å². The molecule has 0 spiro atoms. The van der Waals surface area contributed by atoms with Gasteiger partial charge in [0.05, 0.1) is 13.7 Å². The van der Waals surface area contributed by atoms with Crippen molar-refractivity contribution in [3.8, 4) is 0 Å². The van der Waals surface area contributed by atoms with E-state index >= 15 is 0 Å². The highest BCUT2D eigenvalue weighted by atomic mass is 16.5. The molecule has 4 nitrogen and oxygen atoms in total. The summed E-state index contributed by atoms with van der Waals surface area (Å²) >= 11 is 0. The summed E-state index contributed by atoms with van der Waals surface area (Å²) in [6.07, 6.45) is 1.20. The normalized spacial score (nSPS) is 15.0. The number of carbonyl (C=O) groups is 2. The van der Waals surface area contributed by atoms with Gasteiger partial charge < -0.3 is 10.1 Å². The molecule has 0 aliphatic carbocycles. The lowest BCUT2D eigenvalue weighted by atomic mass is 10.4. The zero-order valence-corrected chi connectivity index (χ0v) is 7.55. The summed E-state index contributed by atoms with van der Waals surface area (Å²) in [7, 11) is 1.38. The van der Waals surface area contributed by atoms with Gasteiger partial charge in [0.25, 0.3) is 0 Å². The molecule has 0 amide bonds. The molecule has 0 unspecified atom stereocenters. The summed E-state index contributed by atoms with van der Waals surface area (Å²) in [6.45, 7) is 3.24. The largest absolute Gasteiger partial charge is 0.469 e. The molecule has 0 bridgehead atoms. The van der Waals surface area contributed by atoms with Crippen LogP contribution in [0.5, 0.6) is 0 Å². The molecule has 0 saturated carbocycles. The van der Waals surface area contributed by atoms with Crippen LogP contribution in [-0.2, 0) is 14.3 Å². The quantitative estimate of drug-likeness (QED) is 0.572. The van der Waals surface area contributed by atoms with Crippen LogP contribution in [0.2, 0.25) is 0 Å². The number of methoxy groups -OCH3 is 1. The molecule has 0 aromatic rings. The summed E-state index contributed by atoms with van der Waals surface area (Å²) in [4.78, 5) is 20.1. The summed E-state index contributed by atoms with van der Waals surface area (Å²) in [5, 5.41) is 2.92. The van der Waals surface area contributed by atoms with E-state index in [4.69, 9.17) is 0 Å². The van der Waals surface area contributed by atoms with Gasteiger partial charge in [0.15, 0.2) is 0 Å². The first-order valence-corrected chi connectivity index (χ1v) is 4.00. The van der Waals surface area contributed by atoms with Gasteiger partial charge in [0.1, 0.15) is 5.78 Å². The van der Waals surface area contributed by atoms with E-state index in [1.165, 1.54) is 7.11 Å². The Morgan fingerprint density at radius 1 is 1.67 bits per heavy atom. The zero-order valence-electron chi connectivity index (χ0n) is 7.55. The second-order valence-electron chi connectivity index (χ2n) is 2.40. The third kappa shape index (κ3) is 5.85. The fraction of sp³-hybridized carbons (Fsp3) is 0.750. The molecule has 1 rings (SSSR count). The highest BCUT2D eigenvalue weighted by Crippen LogP contribution is 1.85. The molecule has 1 heterocycles. The number of rotatable bonds is 1. The SMILES string of the molecule is CCC(=O)OC.O=C1CCNC1. The van der Waals surface area contributed by atoms with Crippen molar-refractivity contribution in [2.45, 2.75) is 19.8 Å². The van der Waals surface area contributed by atoms with Gasteiger partial charge >= 0.3 is 5.97 Å². The molecule has 0 atom stereocenters. The van der Waals surface area contributed by atoms with Gasteiger partial charge in [-0.1, -0.05) is 6.92 Å². The fourth-order valence-corrected chi connectivity index (χ4v) is 0.688. The molecule has 12 heavy (non-hydrogen) atoms. The van der Waals surface area contributed by atoms with Crippen LogP contribution < -0.4 is 5.32 Å². The van der Waals surface area contributed by atoms with Crippen LogP contribution in [0, 0.1) is 0 Å². The minimum atomic E-state index is -0.157. The summed E-state index contributed by atoms with van der Waals surface area (Å²) < 4.78 is 4.26. The van der Waals surface area contributed by atoms with Crippen LogP contribution in [0.4, 0.5) is 0 Å². The zero-order chi connectivity index (χ0) is 9.40. The van der Waals surface area contributed by atoms with Gasteiger partial charge in [0, 0.05) is 19.4 Å². The molecule has 1 fully saturated rings. The van der Waals surface area contributed by atoms with Gasteiger partial charge in [-0.2, -0.15) is 0 Å². The Labute approximate surface area is 72.3 Å². The lowest BCUT2D eigenvalue weighted by molar-refractivity contribution is -0.140. The standard InChI is InChI=1S/C4H7NO.C4H8O2/c6-4-1-2-5-3-4;1-3-4(5)6-2/h5H,1-3H2;3H2,1-2H3. The fourth-order valence-electron chi connectivity index (χ4n) is 0.688. The first kappa shape index (κ1) is 11.1. The van der Waals surface area contributed by atoms with Crippen LogP contribution in [0.25, 0.3) is 0 Å². The van der Waals surface area contributed by atoms with E-state index in [0.29, 0.717) is 18.7 Å². The topological polar surface area (TPSA) is 55.4 Å². The highest BCUT2D eigenvalue weighted by molar-refractivity contribution is 5.82. The lowest BCUT2D eigenvalue weighted by Gasteiger charge is -1.87. The van der Waals surface area contributed by atoms with Crippen molar-refractivity contribution in [1.82, 2.24) is 5.32 Å². The highest BCUT2D eigenvalue weighted by Gasteiger charge is 2.06. The Morgan fingerprint density at radius 2 is 2.33 bits per heavy atom. The number of Topliss-reactive ketones (excluding diaryl/α,β-unsaturated/α-hetero) is 1. The number of ketones is 1. The first-order chi connectivity index (χ1) is 5.70. The molecule has 1 aliphatic heterocycles. The molecule has 4 heteroatoms. The third-order valence-corrected chi connectivity index (χ3v) is 1.42. The number of hydrogen-bond acceptors (Lipinski definition) is 4. The molecular weight excluding hydrogens is 158 g/mol. The van der Waals surface area contributed by atoms with Crippen LogP contribution in [-0.4, -0.2) is 32.0 Å². The van der Waals surface area contributed by atoms with Gasteiger partial charge in [-0.25, -0.2) is 0 Å². The van der Waals surface area contributed by atoms with E-state index in [-0.39, 0.29) is 5.97 Å². The maximum atomic E-state index is 10.2. The number of hydrogen-bond donors (Lipinski definition) is 1. The maximum absolute atomic E-state index is 10.2. The molecule has 0 aromatic heterocycles. The second-order valence-corrected chi connectivity index (χ2v) is 2.40. The van der Waals surface area contributed by atoms with E-state index in [1.807, 2.05) is 0 Å². The number of esters is 1. The number of nitrogens with one attached hydrogen (secondary N) is 1. The molecule has 1 saturated heterocycles. The van der Waals surface area contributed by atoms with Gasteiger partial charge in [-0.15, -0.1) is 0 Å². The van der Waals surface area contributed by atoms with Crippen molar-refractivity contribution in [3.63, 3.8) is 0 Å². The molecule has 0 radical (unpaired) electrons. The molecule has 0 aromatic carbocycles. The predicted molar refractivity (Wildman–Crippen MR) is 44.8 cm³/mol. The third-order valence-electron chi connectivity index (χ3n) is 1.42. The minimum absolute atomic E-state index is 0.157. The van der Waals surface area contributed by atoms with E-state index < -0.39 is 0 Å². The molecule has 1 aliphatic rings. The van der Waals surface area contributed by atoms with Crippen molar-refractivity contribution in [2.75, 3.05) is 20.2 Å². The van der Waals surface area contributed by atoms with Crippen LogP contribution >= 0.6 is 0 Å². The first-order valence-electron chi connectivity index (χ1n) is 4.00. The minimum Gasteiger partial charge on any atom is -0.469 e. The smallest absolute Gasteiger partial charge is 0.305 e. The van der Waals surface area contributed by atoms with Crippen LogP contribution in [0.15, 0.2) is 0 Å². The average molecular weight is 173 g/mol. The second kappa shape index (κ2) is 6.79. The predicted octanol–water partition coefficient (Wildman–Crippen LogP) is 0.118. The maximum Gasteiger partial charge on any atom is 0.305 e. The van der Waals surface area contributed by atoms with E-state index in [9.17, 15) is 9.59 Å². The number of ether oxygens (including phenoxy) is 1. The van der Waals surface area contributed by atoms with Crippen molar-refractivity contribution in [3.05, 3.63) is 0 Å². The van der Waals surface area contributed by atoms with E-state index in [1.54, 1.807) is 6.92 Å². The Kier molecular flexibility index (Phi) is 6.28. The average Bonchev–Trinajstić information content (AvgIpc) is 2.55. The number of carbonyl (C=O) groups excluding carboxylic acids is 2. The Balaban J connectivity index is 0.000000202. The van der Waals surface area contributed by atoms with Crippen molar-refractivity contribution < 1.29 is 14.3 Å². The van der Waals surface area contributed by atoms with Crippen LogP contribution in [0.1, 0.15) is 19.8 Å². The summed E-state index contributed by atoms with van der Waals surface area (Å²) in [5.74, 6) is 0.185. The Hall–Kier alpha value is -0.900. The summed E-state index contributed by atoms with van der Waals surface area (Å²) in [6, 6.07) is 0. The lowest BCUT2D eigenvalue weighted by Crippen LogP contribution is -2.07. The Morgan fingerprint density at radius 3 is 2.42 bits per heavy atom. The van der Waals surface area contributed by atoms with Crippen molar-refractivity contribution >= 4 is 11.8 Å². The molecule has 70 valence electrons. The van der Waals surface area contributed by atoms with Crippen molar-refractivity contribution in [1.29, 1.82) is 0 Å². The van der Waals surface area contributed by atoms with Crippen molar-refractivity contribution in [2.24, 2.45) is 0 Å². The molecule has 1 N–H and O–H groups in total. The van der Waals surface area contributed by atoms with E-state index in [2.05, 4.69) is 10.1 Å². The van der Waals surface area contributed by atoms with Crippen LogP contribution in [0.3, 0.4) is 0 Å². The summed E-state index contributed by atoms with van der Waals surface area (Å²) in [5.41, 5.74) is 0. The van der Waals surface area contributed by atoms with Gasteiger partial charge in [-0.05, 0) is 0 Å². The molecular formula is C8H15NO3. The monoisotopic (exact) mass is 173 g/mol. The Bertz CT molecular complexity index is 140.